The molecule has 0 aliphatic carbocycles. The molecule has 2 aromatic rings. The fourth-order valence-corrected chi connectivity index (χ4v) is 3.01. The van der Waals surface area contributed by atoms with Gasteiger partial charge in [-0.05, 0) is 62.6 Å². The van der Waals surface area contributed by atoms with Gasteiger partial charge in [0.15, 0.2) is 0 Å². The summed E-state index contributed by atoms with van der Waals surface area (Å²) < 4.78 is 5.76. The highest BCUT2D eigenvalue weighted by Gasteiger charge is 2.17. The molecule has 1 amide bonds. The number of carbonyl (C=O) groups excluding carboxylic acids is 1. The van der Waals surface area contributed by atoms with E-state index in [2.05, 4.69) is 23.2 Å². The van der Waals surface area contributed by atoms with Gasteiger partial charge in [-0.2, -0.15) is 0 Å². The van der Waals surface area contributed by atoms with Gasteiger partial charge in [0, 0.05) is 18.7 Å². The lowest BCUT2D eigenvalue weighted by Gasteiger charge is -2.21. The van der Waals surface area contributed by atoms with E-state index in [1.165, 1.54) is 12.8 Å². The SMILES string of the molecule is CC[C@H](C)Oc1ccc(C(=O)Nc2ccccc2N2CCCC2)cc1. The second-order valence-corrected chi connectivity index (χ2v) is 6.53. The minimum Gasteiger partial charge on any atom is -0.491 e. The van der Waals surface area contributed by atoms with Crippen molar-refractivity contribution >= 4 is 17.3 Å². The summed E-state index contributed by atoms with van der Waals surface area (Å²) in [6, 6.07) is 15.3. The van der Waals surface area contributed by atoms with Gasteiger partial charge >= 0.3 is 0 Å². The van der Waals surface area contributed by atoms with Crippen molar-refractivity contribution in [2.75, 3.05) is 23.3 Å². The van der Waals surface area contributed by atoms with Crippen LogP contribution in [-0.4, -0.2) is 25.1 Å². The third-order valence-electron chi connectivity index (χ3n) is 4.63. The Bertz CT molecular complexity index is 706. The van der Waals surface area contributed by atoms with Crippen molar-refractivity contribution in [3.05, 3.63) is 54.1 Å². The first kappa shape index (κ1) is 17.3. The van der Waals surface area contributed by atoms with Crippen LogP contribution >= 0.6 is 0 Å². The molecule has 0 unspecified atom stereocenters. The largest absolute Gasteiger partial charge is 0.491 e. The molecule has 1 N–H and O–H groups in total. The van der Waals surface area contributed by atoms with Gasteiger partial charge in [0.05, 0.1) is 17.5 Å². The molecule has 0 radical (unpaired) electrons. The maximum Gasteiger partial charge on any atom is 0.255 e. The highest BCUT2D eigenvalue weighted by Crippen LogP contribution is 2.29. The number of nitrogens with zero attached hydrogens (tertiary/aromatic N) is 1. The molecule has 4 heteroatoms. The lowest BCUT2D eigenvalue weighted by atomic mass is 10.2. The monoisotopic (exact) mass is 338 g/mol. The second kappa shape index (κ2) is 8.06. The van der Waals surface area contributed by atoms with Crippen LogP contribution in [0.5, 0.6) is 5.75 Å². The predicted octanol–water partition coefficient (Wildman–Crippen LogP) is 4.72. The molecule has 132 valence electrons. The maximum atomic E-state index is 12.6. The summed E-state index contributed by atoms with van der Waals surface area (Å²) in [7, 11) is 0. The zero-order valence-corrected chi connectivity index (χ0v) is 15.0. The molecule has 0 aromatic heterocycles. The Morgan fingerprint density at radius 2 is 1.80 bits per heavy atom. The van der Waals surface area contributed by atoms with E-state index in [1.807, 2.05) is 49.4 Å². The number of amides is 1. The summed E-state index contributed by atoms with van der Waals surface area (Å²) in [5.74, 6) is 0.699. The number of anilines is 2. The van der Waals surface area contributed by atoms with Crippen LogP contribution in [0.1, 0.15) is 43.5 Å². The van der Waals surface area contributed by atoms with Crippen molar-refractivity contribution in [1.82, 2.24) is 0 Å². The molecule has 1 saturated heterocycles. The highest BCUT2D eigenvalue weighted by molar-refractivity contribution is 6.06. The molecule has 2 aromatic carbocycles. The van der Waals surface area contributed by atoms with Crippen molar-refractivity contribution in [2.45, 2.75) is 39.2 Å². The summed E-state index contributed by atoms with van der Waals surface area (Å²) >= 11 is 0. The molecule has 1 aliphatic heterocycles. The van der Waals surface area contributed by atoms with E-state index in [0.717, 1.165) is 36.6 Å². The molecule has 0 saturated carbocycles. The Labute approximate surface area is 149 Å². The van der Waals surface area contributed by atoms with Gasteiger partial charge in [-0.1, -0.05) is 19.1 Å². The quantitative estimate of drug-likeness (QED) is 0.829. The van der Waals surface area contributed by atoms with Gasteiger partial charge in [-0.25, -0.2) is 0 Å². The number of benzene rings is 2. The van der Waals surface area contributed by atoms with Crippen LogP contribution in [0.4, 0.5) is 11.4 Å². The summed E-state index contributed by atoms with van der Waals surface area (Å²) in [4.78, 5) is 14.9. The first-order chi connectivity index (χ1) is 12.2. The van der Waals surface area contributed by atoms with Gasteiger partial charge < -0.3 is 15.0 Å². The molecule has 4 nitrogen and oxygen atoms in total. The average Bonchev–Trinajstić information content (AvgIpc) is 3.17. The Morgan fingerprint density at radius 1 is 1.12 bits per heavy atom. The number of hydrogen-bond acceptors (Lipinski definition) is 3. The molecule has 0 bridgehead atoms. The van der Waals surface area contributed by atoms with Crippen LogP contribution in [0.3, 0.4) is 0 Å². The van der Waals surface area contributed by atoms with Crippen molar-refractivity contribution in [2.24, 2.45) is 0 Å². The van der Waals surface area contributed by atoms with Gasteiger partial charge in [-0.15, -0.1) is 0 Å². The van der Waals surface area contributed by atoms with Crippen LogP contribution in [0.15, 0.2) is 48.5 Å². The predicted molar refractivity (Wildman–Crippen MR) is 103 cm³/mol. The Morgan fingerprint density at radius 3 is 2.48 bits per heavy atom. The number of nitrogens with one attached hydrogen (secondary N) is 1. The Kier molecular flexibility index (Phi) is 5.59. The molecule has 3 rings (SSSR count). The van der Waals surface area contributed by atoms with E-state index in [1.54, 1.807) is 0 Å². The van der Waals surface area contributed by atoms with Crippen LogP contribution < -0.4 is 15.0 Å². The van der Waals surface area contributed by atoms with E-state index in [9.17, 15) is 4.79 Å². The molecule has 1 fully saturated rings. The van der Waals surface area contributed by atoms with E-state index >= 15 is 0 Å². The van der Waals surface area contributed by atoms with Crippen molar-refractivity contribution < 1.29 is 9.53 Å². The Balaban J connectivity index is 1.70. The minimum atomic E-state index is -0.0956. The van der Waals surface area contributed by atoms with Crippen molar-refractivity contribution in [1.29, 1.82) is 0 Å². The highest BCUT2D eigenvalue weighted by atomic mass is 16.5. The number of para-hydroxylation sites is 2. The van der Waals surface area contributed by atoms with Gasteiger partial charge in [0.25, 0.3) is 5.91 Å². The van der Waals surface area contributed by atoms with Crippen LogP contribution in [0, 0.1) is 0 Å². The van der Waals surface area contributed by atoms with Crippen molar-refractivity contribution in [3.63, 3.8) is 0 Å². The molecule has 1 atom stereocenters. The topological polar surface area (TPSA) is 41.6 Å². The van der Waals surface area contributed by atoms with Gasteiger partial charge in [0.1, 0.15) is 5.75 Å². The molecule has 25 heavy (non-hydrogen) atoms. The second-order valence-electron chi connectivity index (χ2n) is 6.53. The summed E-state index contributed by atoms with van der Waals surface area (Å²) in [6.45, 7) is 6.23. The molecule has 1 aliphatic rings. The number of ether oxygens (including phenoxy) is 1. The lowest BCUT2D eigenvalue weighted by molar-refractivity contribution is 0.102. The molecular formula is C21H26N2O2. The van der Waals surface area contributed by atoms with E-state index in [-0.39, 0.29) is 12.0 Å². The van der Waals surface area contributed by atoms with Crippen LogP contribution in [-0.2, 0) is 0 Å². The fraction of sp³-hybridized carbons (Fsp3) is 0.381. The first-order valence-corrected chi connectivity index (χ1v) is 9.09. The van der Waals surface area contributed by atoms with Crippen LogP contribution in [0.25, 0.3) is 0 Å². The van der Waals surface area contributed by atoms with Crippen LogP contribution in [0.2, 0.25) is 0 Å². The molecule has 0 spiro atoms. The zero-order chi connectivity index (χ0) is 17.6. The Hall–Kier alpha value is -2.49. The third-order valence-corrected chi connectivity index (χ3v) is 4.63. The number of hydrogen-bond donors (Lipinski definition) is 1. The number of rotatable bonds is 6. The summed E-state index contributed by atoms with van der Waals surface area (Å²) in [6.07, 6.45) is 3.54. The van der Waals surface area contributed by atoms with E-state index < -0.39 is 0 Å². The maximum absolute atomic E-state index is 12.6. The molecular weight excluding hydrogens is 312 g/mol. The normalized spacial score (nSPS) is 15.0. The van der Waals surface area contributed by atoms with Crippen molar-refractivity contribution in [3.8, 4) is 5.75 Å². The summed E-state index contributed by atoms with van der Waals surface area (Å²) in [5, 5.41) is 3.05. The third kappa shape index (κ3) is 4.32. The lowest BCUT2D eigenvalue weighted by Crippen LogP contribution is -2.21. The first-order valence-electron chi connectivity index (χ1n) is 9.09. The minimum absolute atomic E-state index is 0.0956. The molecule has 1 heterocycles. The zero-order valence-electron chi connectivity index (χ0n) is 15.0. The fourth-order valence-electron chi connectivity index (χ4n) is 3.01. The smallest absolute Gasteiger partial charge is 0.255 e. The average molecular weight is 338 g/mol. The van der Waals surface area contributed by atoms with Gasteiger partial charge in [-0.3, -0.25) is 4.79 Å². The van der Waals surface area contributed by atoms with E-state index in [0.29, 0.717) is 5.56 Å². The van der Waals surface area contributed by atoms with Gasteiger partial charge in [0.2, 0.25) is 0 Å². The van der Waals surface area contributed by atoms with E-state index in [4.69, 9.17) is 4.74 Å². The summed E-state index contributed by atoms with van der Waals surface area (Å²) in [5.41, 5.74) is 2.60. The number of carbonyl (C=O) groups is 1. The standard InChI is InChI=1S/C21H26N2O2/c1-3-16(2)25-18-12-10-17(11-13-18)21(24)22-19-8-4-5-9-20(19)23-14-6-7-15-23/h4-5,8-13,16H,3,6-7,14-15H2,1-2H3,(H,22,24)/t16-/m0/s1.